The lowest BCUT2D eigenvalue weighted by Gasteiger charge is -2.21. The van der Waals surface area contributed by atoms with Crippen LogP contribution >= 0.6 is 15.6 Å². The highest BCUT2D eigenvalue weighted by molar-refractivity contribution is 7.47. The van der Waals surface area contributed by atoms with Gasteiger partial charge in [-0.15, -0.1) is 0 Å². The number of carbonyl (C=O) groups is 4. The van der Waals surface area contributed by atoms with E-state index in [1.165, 1.54) is 327 Å². The molecule has 0 heterocycles. The molecule has 111 heavy (non-hydrogen) atoms. The highest BCUT2D eigenvalue weighted by Crippen LogP contribution is 2.45. The number of esters is 4. The Labute approximate surface area is 683 Å². The maximum Gasteiger partial charge on any atom is 0.472 e. The average molecular weight is 1620 g/mol. The molecule has 0 aliphatic carbocycles. The summed E-state index contributed by atoms with van der Waals surface area (Å²) in [5.74, 6) is -1.27. The largest absolute Gasteiger partial charge is 0.472 e. The van der Waals surface area contributed by atoms with Crippen molar-refractivity contribution in [2.45, 2.75) is 522 Å². The Hall–Kier alpha value is -1.94. The minimum atomic E-state index is -4.97. The molecule has 17 nitrogen and oxygen atoms in total. The molecule has 0 amide bonds. The monoisotopic (exact) mass is 1620 g/mol. The number of aliphatic hydroxyl groups is 1. The summed E-state index contributed by atoms with van der Waals surface area (Å²) in [5.41, 5.74) is 0. The summed E-state index contributed by atoms with van der Waals surface area (Å²) in [4.78, 5) is 73.4. The molecule has 660 valence electrons. The topological polar surface area (TPSA) is 237 Å². The number of carbonyl (C=O) groups excluding carboxylic acids is 4. The van der Waals surface area contributed by atoms with Crippen LogP contribution in [0.5, 0.6) is 0 Å². The Bertz CT molecular complexity index is 2100. The van der Waals surface area contributed by atoms with E-state index in [9.17, 15) is 43.2 Å². The molecular weight excluding hydrogens is 1440 g/mol. The van der Waals surface area contributed by atoms with Crippen LogP contribution in [-0.2, 0) is 65.4 Å². The lowest BCUT2D eigenvalue weighted by molar-refractivity contribution is -0.161. The predicted molar refractivity (Wildman–Crippen MR) is 460 cm³/mol. The third kappa shape index (κ3) is 85.8. The second-order valence-corrected chi connectivity index (χ2v) is 36.4. The fourth-order valence-corrected chi connectivity index (χ4v) is 16.1. The number of rotatable bonds is 92. The summed E-state index contributed by atoms with van der Waals surface area (Å²) in [7, 11) is -9.94. The fraction of sp³-hybridized carbons (Fsp3) is 0.957. The van der Waals surface area contributed by atoms with Crippen LogP contribution < -0.4 is 0 Å². The number of hydrogen-bond acceptors (Lipinski definition) is 15. The Kier molecular flexibility index (Phi) is 83.0. The number of phosphoric ester groups is 2. The number of phosphoric acid groups is 2. The minimum Gasteiger partial charge on any atom is -0.462 e. The number of aliphatic hydroxyl groups excluding tert-OH is 1. The third-order valence-electron chi connectivity index (χ3n) is 21.8. The standard InChI is InChI=1S/C92H180O17P2/c1-6-9-12-15-18-21-24-26-28-30-32-34-38-42-46-51-56-61-66-71-76-90(95)103-82-88(109-92(97)78-73-68-63-58-53-48-44-40-36-35-37-41-45-50-54-59-64-69-74-85(4)5)84-107-111(100,101)105-80-86(93)79-104-110(98,99)106-83-87(81-102-89(94)75-70-65-60-55-49-23-20-17-14-11-8-3)108-91(96)77-72-67-62-57-52-47-43-39-33-31-29-27-25-22-19-16-13-10-7-2/h85-88,93H,6-84H2,1-5H3,(H,98,99)(H,100,101)/t86-,87+,88+/m0/s1. The Morgan fingerprint density at radius 3 is 0.613 bits per heavy atom. The number of unbranched alkanes of at least 4 members (excludes halogenated alkanes) is 64. The van der Waals surface area contributed by atoms with Gasteiger partial charge >= 0.3 is 39.5 Å². The first kappa shape index (κ1) is 109. The maximum absolute atomic E-state index is 13.2. The van der Waals surface area contributed by atoms with E-state index in [2.05, 4.69) is 34.6 Å². The minimum absolute atomic E-state index is 0.110. The van der Waals surface area contributed by atoms with E-state index in [0.29, 0.717) is 25.7 Å². The quantitative estimate of drug-likeness (QED) is 0.0222. The molecule has 0 bridgehead atoms. The van der Waals surface area contributed by atoms with Crippen LogP contribution in [0.3, 0.4) is 0 Å². The molecule has 0 spiro atoms. The van der Waals surface area contributed by atoms with E-state index >= 15 is 0 Å². The van der Waals surface area contributed by atoms with Crippen molar-refractivity contribution in [1.82, 2.24) is 0 Å². The first-order valence-electron chi connectivity index (χ1n) is 47.6. The van der Waals surface area contributed by atoms with E-state index in [4.69, 9.17) is 37.0 Å². The van der Waals surface area contributed by atoms with Gasteiger partial charge in [0.25, 0.3) is 0 Å². The average Bonchev–Trinajstić information content (AvgIpc) is 0.804. The summed E-state index contributed by atoms with van der Waals surface area (Å²) in [6.45, 7) is 7.44. The van der Waals surface area contributed by atoms with Crippen LogP contribution in [0.2, 0.25) is 0 Å². The van der Waals surface area contributed by atoms with Gasteiger partial charge in [-0.25, -0.2) is 9.13 Å². The van der Waals surface area contributed by atoms with Gasteiger partial charge in [0.05, 0.1) is 26.4 Å². The molecule has 19 heteroatoms. The second-order valence-electron chi connectivity index (χ2n) is 33.5. The van der Waals surface area contributed by atoms with E-state index in [-0.39, 0.29) is 25.7 Å². The summed E-state index contributed by atoms with van der Waals surface area (Å²) in [5, 5.41) is 10.7. The van der Waals surface area contributed by atoms with Crippen LogP contribution in [0.1, 0.15) is 503 Å². The van der Waals surface area contributed by atoms with Gasteiger partial charge in [0, 0.05) is 25.7 Å². The van der Waals surface area contributed by atoms with Gasteiger partial charge in [-0.3, -0.25) is 37.3 Å². The van der Waals surface area contributed by atoms with Crippen LogP contribution in [0.15, 0.2) is 0 Å². The Balaban J connectivity index is 5.23. The summed E-state index contributed by atoms with van der Waals surface area (Å²) in [6.07, 6.45) is 80.6. The van der Waals surface area contributed by atoms with Crippen LogP contribution in [0.4, 0.5) is 0 Å². The Morgan fingerprint density at radius 2 is 0.414 bits per heavy atom. The molecule has 2 unspecified atom stereocenters. The van der Waals surface area contributed by atoms with Crippen molar-refractivity contribution in [3.63, 3.8) is 0 Å². The first-order chi connectivity index (χ1) is 54.0. The van der Waals surface area contributed by atoms with Crippen molar-refractivity contribution in [2.75, 3.05) is 39.6 Å². The number of ether oxygens (including phenoxy) is 4. The number of hydrogen-bond donors (Lipinski definition) is 3. The second kappa shape index (κ2) is 84.5. The van der Waals surface area contributed by atoms with Crippen molar-refractivity contribution in [3.05, 3.63) is 0 Å². The van der Waals surface area contributed by atoms with E-state index in [1.54, 1.807) is 0 Å². The van der Waals surface area contributed by atoms with Gasteiger partial charge in [0.2, 0.25) is 0 Å². The van der Waals surface area contributed by atoms with Crippen LogP contribution in [0, 0.1) is 5.92 Å². The van der Waals surface area contributed by atoms with Gasteiger partial charge < -0.3 is 33.8 Å². The SMILES string of the molecule is CCCCCCCCCCCCCCCCCCCCCCC(=O)OC[C@H](COP(=O)(O)OC[C@@H](O)COP(=O)(O)OC[C@@H](COC(=O)CCCCCCCCCCCCC)OC(=O)CCCCCCCCCCCCCCCCCCCCC)OC(=O)CCCCCCCCCCCCCCCCCCCCC(C)C. The van der Waals surface area contributed by atoms with Gasteiger partial charge in [-0.1, -0.05) is 452 Å². The van der Waals surface area contributed by atoms with Gasteiger partial charge in [-0.2, -0.15) is 0 Å². The Morgan fingerprint density at radius 1 is 0.243 bits per heavy atom. The van der Waals surface area contributed by atoms with Gasteiger partial charge in [-0.05, 0) is 31.6 Å². The van der Waals surface area contributed by atoms with Gasteiger partial charge in [0.1, 0.15) is 19.3 Å². The molecule has 5 atom stereocenters. The molecule has 0 fully saturated rings. The molecule has 0 aliphatic rings. The maximum atomic E-state index is 13.2. The van der Waals surface area contributed by atoms with Crippen molar-refractivity contribution in [3.8, 4) is 0 Å². The first-order valence-corrected chi connectivity index (χ1v) is 50.6. The van der Waals surface area contributed by atoms with Gasteiger partial charge in [0.15, 0.2) is 12.2 Å². The third-order valence-corrected chi connectivity index (χ3v) is 23.7. The lowest BCUT2D eigenvalue weighted by atomic mass is 10.0. The highest BCUT2D eigenvalue weighted by Gasteiger charge is 2.31. The molecule has 0 aliphatic heterocycles. The molecule has 0 radical (unpaired) electrons. The predicted octanol–water partition coefficient (Wildman–Crippen LogP) is 28.7. The molecule has 0 saturated carbocycles. The summed E-state index contributed by atoms with van der Waals surface area (Å²) in [6, 6.07) is 0. The van der Waals surface area contributed by atoms with E-state index in [1.807, 2.05) is 0 Å². The highest BCUT2D eigenvalue weighted by atomic mass is 31.2. The zero-order valence-corrected chi connectivity index (χ0v) is 74.9. The molecule has 0 aromatic rings. The molecule has 3 N–H and O–H groups in total. The summed E-state index contributed by atoms with van der Waals surface area (Å²) < 4.78 is 69.1. The molecule has 0 aromatic carbocycles. The summed E-state index contributed by atoms with van der Waals surface area (Å²) >= 11 is 0. The molecule has 0 rings (SSSR count). The van der Waals surface area contributed by atoms with E-state index in [0.717, 1.165) is 95.8 Å². The van der Waals surface area contributed by atoms with Crippen molar-refractivity contribution < 1.29 is 80.2 Å². The molecular formula is C92H180O17P2. The van der Waals surface area contributed by atoms with Crippen molar-refractivity contribution in [1.29, 1.82) is 0 Å². The van der Waals surface area contributed by atoms with E-state index < -0.39 is 97.5 Å². The van der Waals surface area contributed by atoms with Crippen LogP contribution in [0.25, 0.3) is 0 Å². The van der Waals surface area contributed by atoms with Crippen LogP contribution in [-0.4, -0.2) is 96.7 Å². The van der Waals surface area contributed by atoms with Crippen molar-refractivity contribution in [2.24, 2.45) is 5.92 Å². The van der Waals surface area contributed by atoms with Crippen molar-refractivity contribution >= 4 is 39.5 Å². The normalized spacial score (nSPS) is 13.7. The molecule has 0 aromatic heterocycles. The zero-order chi connectivity index (χ0) is 81.1. The molecule has 0 saturated heterocycles. The zero-order valence-electron chi connectivity index (χ0n) is 73.1. The smallest absolute Gasteiger partial charge is 0.462 e. The fourth-order valence-electron chi connectivity index (χ4n) is 14.5. The lowest BCUT2D eigenvalue weighted by Crippen LogP contribution is -2.30.